The predicted octanol–water partition coefficient (Wildman–Crippen LogP) is 3.18. The van der Waals surface area contributed by atoms with Crippen LogP contribution in [0.1, 0.15) is 5.56 Å². The number of hydrogen-bond acceptors (Lipinski definition) is 4. The molecule has 124 valence electrons. The van der Waals surface area contributed by atoms with E-state index in [1.54, 1.807) is 0 Å². The summed E-state index contributed by atoms with van der Waals surface area (Å²) in [5, 5.41) is 3.58. The van der Waals surface area contributed by atoms with E-state index >= 15 is 0 Å². The highest BCUT2D eigenvalue weighted by Crippen LogP contribution is 2.29. The second kappa shape index (κ2) is 5.55. The molecule has 3 rings (SSSR count). The summed E-state index contributed by atoms with van der Waals surface area (Å²) in [7, 11) is 0. The van der Waals surface area contributed by atoms with Crippen molar-refractivity contribution in [3.63, 3.8) is 0 Å². The van der Waals surface area contributed by atoms with Crippen molar-refractivity contribution in [2.24, 2.45) is 0 Å². The van der Waals surface area contributed by atoms with Gasteiger partial charge in [-0.3, -0.25) is 0 Å². The molecular formula is C14H6F5N3O2. The standard InChI is InChI=1S/C14H6F5N3O2/c15-8-2-1-3-9(16)11(8)12-21-22(13(23)24-12)10-5-4-7(6-20-10)14(17,18)19/h1-6H. The van der Waals surface area contributed by atoms with E-state index < -0.39 is 40.6 Å². The molecule has 0 aliphatic heterocycles. The third kappa shape index (κ3) is 2.77. The minimum absolute atomic E-state index is 0.292. The zero-order chi connectivity index (χ0) is 17.5. The lowest BCUT2D eigenvalue weighted by Crippen LogP contribution is -2.15. The van der Waals surface area contributed by atoms with Crippen LogP contribution in [0.2, 0.25) is 0 Å². The van der Waals surface area contributed by atoms with Crippen LogP contribution in [0.4, 0.5) is 22.0 Å². The molecular weight excluding hydrogens is 337 g/mol. The van der Waals surface area contributed by atoms with E-state index in [0.717, 1.165) is 24.3 Å². The minimum atomic E-state index is -4.60. The first-order valence-corrected chi connectivity index (χ1v) is 6.35. The van der Waals surface area contributed by atoms with E-state index in [1.165, 1.54) is 0 Å². The molecule has 0 saturated heterocycles. The smallest absolute Gasteiger partial charge is 0.387 e. The van der Waals surface area contributed by atoms with Crippen molar-refractivity contribution in [3.8, 4) is 17.3 Å². The Bertz CT molecular complexity index is 924. The van der Waals surface area contributed by atoms with Gasteiger partial charge < -0.3 is 4.42 Å². The van der Waals surface area contributed by atoms with Crippen molar-refractivity contribution in [1.29, 1.82) is 0 Å². The highest BCUT2D eigenvalue weighted by Gasteiger charge is 2.31. The Kier molecular flexibility index (Phi) is 3.66. The fourth-order valence-corrected chi connectivity index (χ4v) is 1.90. The molecule has 0 radical (unpaired) electrons. The Hall–Kier alpha value is -3.04. The average Bonchev–Trinajstić information content (AvgIpc) is 2.88. The van der Waals surface area contributed by atoms with E-state index in [0.29, 0.717) is 16.9 Å². The molecule has 3 aromatic rings. The molecule has 0 saturated carbocycles. The van der Waals surface area contributed by atoms with Crippen molar-refractivity contribution in [3.05, 3.63) is 64.3 Å². The summed E-state index contributed by atoms with van der Waals surface area (Å²) in [5.74, 6) is -4.12. The number of alkyl halides is 3. The highest BCUT2D eigenvalue weighted by atomic mass is 19.4. The van der Waals surface area contributed by atoms with Crippen LogP contribution in [0.25, 0.3) is 17.3 Å². The Balaban J connectivity index is 2.06. The maximum absolute atomic E-state index is 13.7. The minimum Gasteiger partial charge on any atom is -0.387 e. The molecule has 0 fully saturated rings. The molecule has 0 spiro atoms. The molecule has 0 amide bonds. The SMILES string of the molecule is O=c1oc(-c2c(F)cccc2F)nn1-c1ccc(C(F)(F)F)cn1. The van der Waals surface area contributed by atoms with Gasteiger partial charge in [-0.2, -0.15) is 13.2 Å². The van der Waals surface area contributed by atoms with Gasteiger partial charge in [-0.25, -0.2) is 18.6 Å². The van der Waals surface area contributed by atoms with Crippen LogP contribution in [-0.4, -0.2) is 14.8 Å². The Morgan fingerprint density at radius 3 is 2.25 bits per heavy atom. The number of nitrogens with zero attached hydrogens (tertiary/aromatic N) is 3. The molecule has 24 heavy (non-hydrogen) atoms. The van der Waals surface area contributed by atoms with Crippen molar-refractivity contribution in [2.75, 3.05) is 0 Å². The second-order valence-electron chi connectivity index (χ2n) is 4.58. The van der Waals surface area contributed by atoms with Gasteiger partial charge in [-0.1, -0.05) is 6.07 Å². The maximum Gasteiger partial charge on any atom is 0.443 e. The topological polar surface area (TPSA) is 60.9 Å². The van der Waals surface area contributed by atoms with E-state index in [4.69, 9.17) is 0 Å². The van der Waals surface area contributed by atoms with Crippen molar-refractivity contribution < 1.29 is 26.4 Å². The van der Waals surface area contributed by atoms with E-state index in [1.807, 2.05) is 0 Å². The summed E-state index contributed by atoms with van der Waals surface area (Å²) in [4.78, 5) is 15.2. The van der Waals surface area contributed by atoms with Gasteiger partial charge in [-0.15, -0.1) is 9.78 Å². The zero-order valence-electron chi connectivity index (χ0n) is 11.5. The lowest BCUT2D eigenvalue weighted by atomic mass is 10.2. The Morgan fingerprint density at radius 1 is 1.04 bits per heavy atom. The summed E-state index contributed by atoms with van der Waals surface area (Å²) >= 11 is 0. The van der Waals surface area contributed by atoms with Crippen LogP contribution in [-0.2, 0) is 6.18 Å². The number of hydrogen-bond donors (Lipinski definition) is 0. The molecule has 1 aromatic carbocycles. The molecule has 5 nitrogen and oxygen atoms in total. The van der Waals surface area contributed by atoms with E-state index in [-0.39, 0.29) is 5.82 Å². The summed E-state index contributed by atoms with van der Waals surface area (Å²) in [6.07, 6.45) is -4.10. The molecule has 0 aliphatic carbocycles. The van der Waals surface area contributed by atoms with E-state index in [9.17, 15) is 26.7 Å². The number of aromatic nitrogens is 3. The Morgan fingerprint density at radius 2 is 1.71 bits per heavy atom. The first kappa shape index (κ1) is 15.8. The van der Waals surface area contributed by atoms with Crippen LogP contribution >= 0.6 is 0 Å². The van der Waals surface area contributed by atoms with Gasteiger partial charge in [0.1, 0.15) is 17.2 Å². The normalized spacial score (nSPS) is 11.7. The number of pyridine rings is 1. The lowest BCUT2D eigenvalue weighted by Gasteiger charge is -2.05. The molecule has 2 aromatic heterocycles. The number of benzene rings is 1. The van der Waals surface area contributed by atoms with Crippen LogP contribution in [0.5, 0.6) is 0 Å². The van der Waals surface area contributed by atoms with Crippen LogP contribution in [0.15, 0.2) is 45.7 Å². The van der Waals surface area contributed by atoms with Gasteiger partial charge >= 0.3 is 11.9 Å². The monoisotopic (exact) mass is 343 g/mol. The number of halogens is 5. The quantitative estimate of drug-likeness (QED) is 0.671. The first-order valence-electron chi connectivity index (χ1n) is 6.35. The summed E-state index contributed by atoms with van der Waals surface area (Å²) in [6.45, 7) is 0. The van der Waals surface area contributed by atoms with Crippen LogP contribution in [0, 0.1) is 11.6 Å². The van der Waals surface area contributed by atoms with Crippen LogP contribution < -0.4 is 5.76 Å². The third-order valence-corrected chi connectivity index (χ3v) is 3.02. The maximum atomic E-state index is 13.7. The highest BCUT2D eigenvalue weighted by molar-refractivity contribution is 5.54. The second-order valence-corrected chi connectivity index (χ2v) is 4.58. The van der Waals surface area contributed by atoms with Gasteiger partial charge in [0.05, 0.1) is 5.56 Å². The molecule has 2 heterocycles. The van der Waals surface area contributed by atoms with Crippen molar-refractivity contribution >= 4 is 0 Å². The molecule has 0 unspecified atom stereocenters. The van der Waals surface area contributed by atoms with Crippen molar-refractivity contribution in [1.82, 2.24) is 14.8 Å². The predicted molar refractivity (Wildman–Crippen MR) is 70.2 cm³/mol. The Labute approximate surface area is 130 Å². The molecule has 0 atom stereocenters. The fraction of sp³-hybridized carbons (Fsp3) is 0.0714. The molecule has 0 aliphatic rings. The molecule has 0 bridgehead atoms. The molecule has 10 heteroatoms. The van der Waals surface area contributed by atoms with Gasteiger partial charge in [0.25, 0.3) is 5.89 Å². The average molecular weight is 343 g/mol. The largest absolute Gasteiger partial charge is 0.443 e. The van der Waals surface area contributed by atoms with E-state index in [2.05, 4.69) is 14.5 Å². The number of rotatable bonds is 2. The van der Waals surface area contributed by atoms with Crippen molar-refractivity contribution in [2.45, 2.75) is 6.18 Å². The first-order chi connectivity index (χ1) is 11.3. The third-order valence-electron chi connectivity index (χ3n) is 3.02. The summed E-state index contributed by atoms with van der Waals surface area (Å²) in [6, 6.07) is 4.56. The van der Waals surface area contributed by atoms with Gasteiger partial charge in [0.2, 0.25) is 0 Å². The van der Waals surface area contributed by atoms with Crippen LogP contribution in [0.3, 0.4) is 0 Å². The van der Waals surface area contributed by atoms with Gasteiger partial charge in [0.15, 0.2) is 5.82 Å². The fourth-order valence-electron chi connectivity index (χ4n) is 1.90. The summed E-state index contributed by atoms with van der Waals surface area (Å²) < 4.78 is 70.0. The molecule has 0 N–H and O–H groups in total. The summed E-state index contributed by atoms with van der Waals surface area (Å²) in [5.41, 5.74) is -1.69. The van der Waals surface area contributed by atoms with Gasteiger partial charge in [0, 0.05) is 6.20 Å². The zero-order valence-corrected chi connectivity index (χ0v) is 11.5. The lowest BCUT2D eigenvalue weighted by molar-refractivity contribution is -0.137. The van der Waals surface area contributed by atoms with Gasteiger partial charge in [-0.05, 0) is 24.3 Å².